The number of hydrogen-bond donors (Lipinski definition) is 4. The summed E-state index contributed by atoms with van der Waals surface area (Å²) in [4.78, 5) is 76.2. The molecule has 5 atom stereocenters. The number of aliphatic hydroxyl groups is 1. The Kier molecular flexibility index (Phi) is 22.6. The Morgan fingerprint density at radius 1 is 0.833 bits per heavy atom. The first-order valence-corrected chi connectivity index (χ1v) is 32.1. The fraction of sp³-hybridized carbons (Fsp3) is 0.530. The zero-order valence-electron chi connectivity index (χ0n) is 52.9. The number of rotatable bonds is 24. The van der Waals surface area contributed by atoms with Gasteiger partial charge >= 0.3 is 12.1 Å². The Labute approximate surface area is 534 Å². The van der Waals surface area contributed by atoms with E-state index in [1.54, 1.807) is 28.4 Å². The minimum Gasteiger partial charge on any atom is -0.508 e. The van der Waals surface area contributed by atoms with Crippen LogP contribution in [0.3, 0.4) is 0 Å². The van der Waals surface area contributed by atoms with Gasteiger partial charge in [0.2, 0.25) is 17.7 Å². The fourth-order valence-corrected chi connectivity index (χ4v) is 12.7. The highest BCUT2D eigenvalue weighted by Crippen LogP contribution is 2.43. The van der Waals surface area contributed by atoms with Crippen molar-refractivity contribution in [3.8, 4) is 33.3 Å². The van der Waals surface area contributed by atoms with Crippen molar-refractivity contribution >= 4 is 74.2 Å². The van der Waals surface area contributed by atoms with Crippen LogP contribution >= 0.6 is 22.9 Å². The molecule has 0 spiro atoms. The van der Waals surface area contributed by atoms with E-state index in [4.69, 9.17) is 45.0 Å². The summed E-state index contributed by atoms with van der Waals surface area (Å²) in [6.07, 6.45) is 0.0492. The number of thiazole rings is 1. The van der Waals surface area contributed by atoms with E-state index in [1.807, 2.05) is 121 Å². The third kappa shape index (κ3) is 17.4. The SMILES string of the molecule is Cc1ncsc1-c1ccc(C(C)NC(=O)[C@@H]2C[C@@H](O)CN2C(=O)C(NC(=O)COCCOCCOCCOC2CCN(CC(C)Oc3nc(N4CCN(C(=O)OC(C)(C)C)CC4)c4cc(Cl)c(-c5cc(O)cc6ccccc56)c(F)c4n3)CC2)C(C)(C)C)cc1. The number of phenolic OH excluding ortho intramolecular Hbond substituents is 1. The van der Waals surface area contributed by atoms with E-state index in [0.717, 1.165) is 53.0 Å². The molecular weight excluding hydrogens is 1200 g/mol. The van der Waals surface area contributed by atoms with E-state index in [1.165, 1.54) is 11.0 Å². The Bertz CT molecular complexity index is 3460. The van der Waals surface area contributed by atoms with Crippen molar-refractivity contribution in [2.45, 2.75) is 124 Å². The predicted molar refractivity (Wildman–Crippen MR) is 343 cm³/mol. The Morgan fingerprint density at radius 2 is 1.51 bits per heavy atom. The molecule has 0 aliphatic carbocycles. The number of piperidine rings is 1. The zero-order chi connectivity index (χ0) is 64.4. The van der Waals surface area contributed by atoms with Gasteiger partial charge in [-0.15, -0.1) is 11.3 Å². The number of nitrogens with zero attached hydrogens (tertiary/aromatic N) is 7. The molecule has 0 bridgehead atoms. The molecule has 2 aromatic heterocycles. The molecule has 9 rings (SSSR count). The van der Waals surface area contributed by atoms with Gasteiger partial charge in [0.25, 0.3) is 0 Å². The molecule has 5 heterocycles. The summed E-state index contributed by atoms with van der Waals surface area (Å²) < 4.78 is 52.5. The summed E-state index contributed by atoms with van der Waals surface area (Å²) in [5.41, 5.74) is 3.84. The molecule has 4 aromatic carbocycles. The number of carbonyl (C=O) groups excluding carboxylic acids is 4. The summed E-state index contributed by atoms with van der Waals surface area (Å²) >= 11 is 8.54. The number of aryl methyl sites for hydroxylation is 1. The number of aliphatic hydroxyl groups excluding tert-OH is 1. The number of nitrogens with one attached hydrogen (secondary N) is 2. The number of phenols is 1. The highest BCUT2D eigenvalue weighted by Gasteiger charge is 2.45. The number of hydrogen-bond acceptors (Lipinski definition) is 18. The van der Waals surface area contributed by atoms with Gasteiger partial charge < -0.3 is 64.0 Å². The minimum absolute atomic E-state index is 0.00186. The van der Waals surface area contributed by atoms with E-state index < -0.39 is 52.9 Å². The van der Waals surface area contributed by atoms with Gasteiger partial charge in [-0.2, -0.15) is 9.97 Å². The Morgan fingerprint density at radius 3 is 2.18 bits per heavy atom. The summed E-state index contributed by atoms with van der Waals surface area (Å²) in [7, 11) is 0. The zero-order valence-corrected chi connectivity index (χ0v) is 54.5. The first-order chi connectivity index (χ1) is 42.9. The van der Waals surface area contributed by atoms with Gasteiger partial charge in [0.05, 0.1) is 79.0 Å². The third-order valence-electron chi connectivity index (χ3n) is 16.2. The van der Waals surface area contributed by atoms with Crippen LogP contribution in [0.5, 0.6) is 11.8 Å². The third-order valence-corrected chi connectivity index (χ3v) is 17.4. The largest absolute Gasteiger partial charge is 0.508 e. The lowest BCUT2D eigenvalue weighted by molar-refractivity contribution is -0.144. The van der Waals surface area contributed by atoms with Gasteiger partial charge in [0.15, 0.2) is 5.82 Å². The number of fused-ring (bicyclic) bond motifs is 2. The van der Waals surface area contributed by atoms with E-state index in [9.17, 15) is 29.4 Å². The van der Waals surface area contributed by atoms with Crippen molar-refractivity contribution < 1.29 is 62.2 Å². The second kappa shape index (κ2) is 30.1. The first-order valence-electron chi connectivity index (χ1n) is 30.9. The molecule has 3 unspecified atom stereocenters. The highest BCUT2D eigenvalue weighted by atomic mass is 35.5. The Hall–Kier alpha value is -6.83. The quantitative estimate of drug-likeness (QED) is 0.0413. The molecular formula is C66H85ClFN9O12S. The number of aromatic nitrogens is 3. The van der Waals surface area contributed by atoms with Crippen LogP contribution in [0.4, 0.5) is 15.0 Å². The summed E-state index contributed by atoms with van der Waals surface area (Å²) in [6, 6.07) is 17.8. The van der Waals surface area contributed by atoms with Gasteiger partial charge in [0.1, 0.15) is 47.5 Å². The van der Waals surface area contributed by atoms with Gasteiger partial charge in [-0.1, -0.05) is 80.9 Å². The molecule has 24 heteroatoms. The van der Waals surface area contributed by atoms with Crippen LogP contribution in [0.2, 0.25) is 5.02 Å². The van der Waals surface area contributed by atoms with Crippen molar-refractivity contribution in [3.05, 3.63) is 94.3 Å². The number of anilines is 1. The predicted octanol–water partition coefficient (Wildman–Crippen LogP) is 9.11. The van der Waals surface area contributed by atoms with E-state index in [-0.39, 0.29) is 84.8 Å². The second-order valence-electron chi connectivity index (χ2n) is 25.4. The molecule has 21 nitrogen and oxygen atoms in total. The Balaban J connectivity index is 0.677. The molecule has 90 heavy (non-hydrogen) atoms. The summed E-state index contributed by atoms with van der Waals surface area (Å²) in [5.74, 6) is -1.63. The highest BCUT2D eigenvalue weighted by molar-refractivity contribution is 7.13. The maximum atomic E-state index is 17.2. The van der Waals surface area contributed by atoms with Crippen molar-refractivity contribution in [3.63, 3.8) is 0 Å². The normalized spacial score (nSPS) is 18.0. The number of β-amino-alcohol motifs (C(OH)–C–C–N with tert-alkyl or cyclic N) is 1. The molecule has 3 fully saturated rings. The van der Waals surface area contributed by atoms with E-state index in [2.05, 4.69) is 25.5 Å². The number of piperazine rings is 1. The maximum Gasteiger partial charge on any atom is 0.410 e. The standard InChI is InChI=1S/C66H85ClFN9O12S/c1-40(88-63-72-57-51(60(73-63)75-22-24-76(25-23-75)64(83)89-66(7,8)9)35-52(67)55(56(57)68)50-33-46(78)32-45-12-10-11-13-49(45)50)36-74-20-18-48(19-21-74)87-31-30-85-27-26-84-28-29-86-38-54(80)71-59(65(4,5)6)62(82)77-37-47(79)34-53(77)61(81)70-41(2)43-14-16-44(17-15-43)58-42(3)69-39-90-58/h10-17,32-33,35,39-41,47-48,53,59,78-79H,18-31,34,36-38H2,1-9H3,(H,70,81)(H,71,80)/t40?,41?,47-,53+,59?/m1/s1. The summed E-state index contributed by atoms with van der Waals surface area (Å²) in [5, 5.41) is 29.2. The molecule has 3 aliphatic rings. The van der Waals surface area contributed by atoms with Crippen LogP contribution in [0.25, 0.3) is 43.2 Å². The monoisotopic (exact) mass is 1280 g/mol. The average Bonchev–Trinajstić information content (AvgIpc) is 0.916. The van der Waals surface area contributed by atoms with Gasteiger partial charge in [0, 0.05) is 69.7 Å². The minimum atomic E-state index is -0.994. The topological polar surface area (TPSA) is 240 Å². The second-order valence-corrected chi connectivity index (χ2v) is 26.7. The molecule has 4 amide bonds. The lowest BCUT2D eigenvalue weighted by atomic mass is 9.85. The number of carbonyl (C=O) groups is 4. The van der Waals surface area contributed by atoms with Crippen molar-refractivity contribution in [1.82, 2.24) is 40.3 Å². The number of amides is 4. The van der Waals surface area contributed by atoms with Gasteiger partial charge in [-0.25, -0.2) is 14.2 Å². The van der Waals surface area contributed by atoms with Crippen molar-refractivity contribution in [2.75, 3.05) is 104 Å². The number of likely N-dealkylation sites (tertiary alicyclic amines) is 2. The fourth-order valence-electron chi connectivity index (χ4n) is 11.6. The average molecular weight is 1280 g/mol. The number of aromatic hydroxyl groups is 1. The van der Waals surface area contributed by atoms with E-state index in [0.29, 0.717) is 81.3 Å². The molecule has 486 valence electrons. The smallest absolute Gasteiger partial charge is 0.410 e. The van der Waals surface area contributed by atoms with Crippen LogP contribution in [-0.2, 0) is 38.1 Å². The van der Waals surface area contributed by atoms with Gasteiger partial charge in [-0.3, -0.25) is 19.3 Å². The molecule has 3 saturated heterocycles. The molecule has 3 aliphatic heterocycles. The van der Waals surface area contributed by atoms with Crippen molar-refractivity contribution in [1.29, 1.82) is 0 Å². The number of ether oxygens (including phenoxy) is 6. The molecule has 4 N–H and O–H groups in total. The van der Waals surface area contributed by atoms with E-state index >= 15 is 4.39 Å². The number of halogens is 2. The maximum absolute atomic E-state index is 17.2. The lowest BCUT2D eigenvalue weighted by Crippen LogP contribution is -2.58. The van der Waals surface area contributed by atoms with Crippen LogP contribution in [0, 0.1) is 18.2 Å². The van der Waals surface area contributed by atoms with Gasteiger partial charge in [-0.05, 0) is 105 Å². The molecule has 6 aromatic rings. The van der Waals surface area contributed by atoms with Crippen LogP contribution in [0.15, 0.2) is 72.2 Å². The van der Waals surface area contributed by atoms with Crippen molar-refractivity contribution in [2.24, 2.45) is 5.41 Å². The molecule has 0 saturated carbocycles. The lowest BCUT2D eigenvalue weighted by Gasteiger charge is -2.36. The number of benzene rings is 4. The molecule has 0 radical (unpaired) electrons. The van der Waals surface area contributed by atoms with Crippen LogP contribution in [0.1, 0.15) is 92.0 Å². The first kappa shape index (κ1) is 67.6. The van der Waals surface area contributed by atoms with Crippen LogP contribution < -0.4 is 20.3 Å². The van der Waals surface area contributed by atoms with Crippen LogP contribution in [-0.4, -0.2) is 198 Å². The summed E-state index contributed by atoms with van der Waals surface area (Å²) in [6.45, 7) is 21.7.